The van der Waals surface area contributed by atoms with Crippen LogP contribution < -0.4 is 16.6 Å². The molecule has 2 aromatic carbocycles. The third kappa shape index (κ3) is 3.76. The molecular weight excluding hydrogens is 396 g/mol. The molecule has 0 bridgehead atoms. The van der Waals surface area contributed by atoms with E-state index in [1.54, 1.807) is 49.4 Å². The zero-order chi connectivity index (χ0) is 22.3. The molecule has 0 aliphatic heterocycles. The van der Waals surface area contributed by atoms with Crippen molar-refractivity contribution in [2.75, 3.05) is 5.32 Å². The largest absolute Gasteiger partial charge is 0.440 e. The van der Waals surface area contributed by atoms with E-state index in [0.717, 1.165) is 4.57 Å². The summed E-state index contributed by atoms with van der Waals surface area (Å²) in [5.74, 6) is 0.235. The lowest BCUT2D eigenvalue weighted by atomic mass is 9.97. The molecule has 4 rings (SSSR count). The minimum Gasteiger partial charge on any atom is -0.440 e. The van der Waals surface area contributed by atoms with Crippen LogP contribution in [-0.4, -0.2) is 20.0 Å². The number of hydrogen-bond donors (Lipinski definition) is 1. The molecule has 0 spiro atoms. The number of fused-ring (bicyclic) bond motifs is 2. The van der Waals surface area contributed by atoms with Crippen molar-refractivity contribution in [2.45, 2.75) is 46.2 Å². The first-order valence-electron chi connectivity index (χ1n) is 10.1. The second kappa shape index (κ2) is 7.54. The third-order valence-corrected chi connectivity index (χ3v) is 5.06. The van der Waals surface area contributed by atoms with Crippen molar-refractivity contribution < 1.29 is 9.21 Å². The number of benzene rings is 2. The van der Waals surface area contributed by atoms with Crippen LogP contribution in [0.15, 0.2) is 56.5 Å². The molecule has 1 amide bonds. The summed E-state index contributed by atoms with van der Waals surface area (Å²) in [4.78, 5) is 42.6. The van der Waals surface area contributed by atoms with Gasteiger partial charge in [-0.05, 0) is 37.3 Å². The van der Waals surface area contributed by atoms with Gasteiger partial charge in [-0.1, -0.05) is 32.9 Å². The van der Waals surface area contributed by atoms with Gasteiger partial charge < -0.3 is 9.73 Å². The van der Waals surface area contributed by atoms with E-state index in [-0.39, 0.29) is 30.0 Å². The highest BCUT2D eigenvalue weighted by molar-refractivity contribution is 5.93. The number of carbonyl (C=O) groups excluding carboxylic acids is 1. The second-order valence-electron chi connectivity index (χ2n) is 8.43. The van der Waals surface area contributed by atoms with Gasteiger partial charge in [-0.3, -0.25) is 18.7 Å². The predicted octanol–water partition coefficient (Wildman–Crippen LogP) is 3.26. The van der Waals surface area contributed by atoms with Gasteiger partial charge in [0, 0.05) is 17.6 Å². The fraction of sp³-hybridized carbons (Fsp3) is 0.304. The number of carbonyl (C=O) groups is 1. The minimum absolute atomic E-state index is 0.219. The number of oxazole rings is 1. The van der Waals surface area contributed by atoms with Gasteiger partial charge in [-0.15, -0.1) is 0 Å². The standard InChI is InChI=1S/C23H24N4O4/c1-5-26-20(29)15-8-6-7-9-17(15)27(22(26)30)13-19(28)24-14-10-11-18-16(12-14)25-21(31-18)23(2,3)4/h6-12H,5,13H2,1-4H3,(H,24,28). The molecule has 31 heavy (non-hydrogen) atoms. The van der Waals surface area contributed by atoms with E-state index < -0.39 is 5.69 Å². The van der Waals surface area contributed by atoms with Gasteiger partial charge in [-0.2, -0.15) is 0 Å². The number of para-hydroxylation sites is 1. The third-order valence-electron chi connectivity index (χ3n) is 5.06. The topological polar surface area (TPSA) is 99.1 Å². The molecule has 4 aromatic rings. The quantitative estimate of drug-likeness (QED) is 0.546. The van der Waals surface area contributed by atoms with E-state index in [1.807, 2.05) is 20.8 Å². The molecule has 0 saturated carbocycles. The Bertz CT molecular complexity index is 1420. The zero-order valence-electron chi connectivity index (χ0n) is 17.9. The van der Waals surface area contributed by atoms with Crippen molar-refractivity contribution in [2.24, 2.45) is 0 Å². The molecule has 8 nitrogen and oxygen atoms in total. The Morgan fingerprint density at radius 3 is 2.55 bits per heavy atom. The van der Waals surface area contributed by atoms with Crippen LogP contribution in [0.3, 0.4) is 0 Å². The summed E-state index contributed by atoms with van der Waals surface area (Å²) in [5, 5.41) is 3.21. The summed E-state index contributed by atoms with van der Waals surface area (Å²) >= 11 is 0. The van der Waals surface area contributed by atoms with Gasteiger partial charge in [0.15, 0.2) is 5.58 Å². The summed E-state index contributed by atoms with van der Waals surface area (Å²) in [6, 6.07) is 12.0. The molecule has 0 aliphatic carbocycles. The first-order valence-corrected chi connectivity index (χ1v) is 10.1. The predicted molar refractivity (Wildman–Crippen MR) is 119 cm³/mol. The molecule has 8 heteroatoms. The molecule has 0 unspecified atom stereocenters. The average Bonchev–Trinajstić information content (AvgIpc) is 3.15. The normalized spacial score (nSPS) is 11.9. The number of nitrogens with one attached hydrogen (secondary N) is 1. The molecule has 0 atom stereocenters. The van der Waals surface area contributed by atoms with Gasteiger partial charge in [0.1, 0.15) is 12.1 Å². The van der Waals surface area contributed by atoms with Crippen LogP contribution in [0.25, 0.3) is 22.0 Å². The van der Waals surface area contributed by atoms with Gasteiger partial charge in [0.25, 0.3) is 5.56 Å². The number of anilines is 1. The fourth-order valence-corrected chi connectivity index (χ4v) is 3.47. The van der Waals surface area contributed by atoms with Crippen LogP contribution in [0.5, 0.6) is 0 Å². The van der Waals surface area contributed by atoms with E-state index in [9.17, 15) is 14.4 Å². The lowest BCUT2D eigenvalue weighted by Gasteiger charge is -2.13. The van der Waals surface area contributed by atoms with E-state index in [2.05, 4.69) is 10.3 Å². The molecule has 160 valence electrons. The highest BCUT2D eigenvalue weighted by Crippen LogP contribution is 2.27. The first-order chi connectivity index (χ1) is 14.7. The summed E-state index contributed by atoms with van der Waals surface area (Å²) < 4.78 is 8.24. The summed E-state index contributed by atoms with van der Waals surface area (Å²) in [5.41, 5.74) is 1.16. The summed E-state index contributed by atoms with van der Waals surface area (Å²) in [6.45, 7) is 7.77. The van der Waals surface area contributed by atoms with Gasteiger partial charge in [0.05, 0.1) is 10.9 Å². The zero-order valence-corrected chi connectivity index (χ0v) is 17.9. The molecule has 0 fully saturated rings. The van der Waals surface area contributed by atoms with Crippen LogP contribution in [0.4, 0.5) is 5.69 Å². The van der Waals surface area contributed by atoms with Crippen LogP contribution >= 0.6 is 0 Å². The number of rotatable bonds is 4. The lowest BCUT2D eigenvalue weighted by molar-refractivity contribution is -0.116. The maximum absolute atomic E-state index is 12.8. The SMILES string of the molecule is CCn1c(=O)c2ccccc2n(CC(=O)Nc2ccc3oc(C(C)(C)C)nc3c2)c1=O. The van der Waals surface area contributed by atoms with E-state index >= 15 is 0 Å². The highest BCUT2D eigenvalue weighted by atomic mass is 16.3. The highest BCUT2D eigenvalue weighted by Gasteiger charge is 2.21. The van der Waals surface area contributed by atoms with Gasteiger partial charge >= 0.3 is 5.69 Å². The monoisotopic (exact) mass is 420 g/mol. The molecule has 0 radical (unpaired) electrons. The Balaban J connectivity index is 1.66. The van der Waals surface area contributed by atoms with Crippen molar-refractivity contribution >= 4 is 33.6 Å². The lowest BCUT2D eigenvalue weighted by Crippen LogP contribution is -2.41. The number of amides is 1. The maximum atomic E-state index is 12.8. The Hall–Kier alpha value is -3.68. The van der Waals surface area contributed by atoms with Crippen molar-refractivity contribution in [1.29, 1.82) is 0 Å². The maximum Gasteiger partial charge on any atom is 0.331 e. The molecule has 1 N–H and O–H groups in total. The van der Waals surface area contributed by atoms with E-state index in [0.29, 0.717) is 33.6 Å². The van der Waals surface area contributed by atoms with Crippen LogP contribution in [0.2, 0.25) is 0 Å². The molecule has 0 aliphatic rings. The van der Waals surface area contributed by atoms with Crippen LogP contribution in [-0.2, 0) is 23.3 Å². The first kappa shape index (κ1) is 20.6. The Labute approximate surface area is 178 Å². The van der Waals surface area contributed by atoms with Crippen molar-refractivity contribution in [1.82, 2.24) is 14.1 Å². The van der Waals surface area contributed by atoms with Gasteiger partial charge in [-0.25, -0.2) is 9.78 Å². The second-order valence-corrected chi connectivity index (χ2v) is 8.43. The van der Waals surface area contributed by atoms with Crippen LogP contribution in [0.1, 0.15) is 33.6 Å². The smallest absolute Gasteiger partial charge is 0.331 e. The van der Waals surface area contributed by atoms with Crippen molar-refractivity contribution in [3.05, 3.63) is 69.2 Å². The number of aromatic nitrogens is 3. The number of nitrogens with zero attached hydrogens (tertiary/aromatic N) is 3. The summed E-state index contributed by atoms with van der Waals surface area (Å²) in [7, 11) is 0. The Morgan fingerprint density at radius 2 is 1.84 bits per heavy atom. The Kier molecular flexibility index (Phi) is 5.00. The fourth-order valence-electron chi connectivity index (χ4n) is 3.47. The van der Waals surface area contributed by atoms with Gasteiger partial charge in [0.2, 0.25) is 11.8 Å². The van der Waals surface area contributed by atoms with E-state index in [4.69, 9.17) is 4.42 Å². The molecule has 2 aromatic heterocycles. The summed E-state index contributed by atoms with van der Waals surface area (Å²) in [6.07, 6.45) is 0. The van der Waals surface area contributed by atoms with Crippen LogP contribution in [0, 0.1) is 0 Å². The van der Waals surface area contributed by atoms with E-state index in [1.165, 1.54) is 4.57 Å². The Morgan fingerprint density at radius 1 is 1.10 bits per heavy atom. The van der Waals surface area contributed by atoms with Crippen molar-refractivity contribution in [3.63, 3.8) is 0 Å². The minimum atomic E-state index is -0.511. The molecule has 2 heterocycles. The average molecular weight is 420 g/mol. The molecular formula is C23H24N4O4. The molecule has 0 saturated heterocycles. The van der Waals surface area contributed by atoms with Crippen molar-refractivity contribution in [3.8, 4) is 0 Å². The number of hydrogen-bond acceptors (Lipinski definition) is 5.